The maximum absolute atomic E-state index is 6.17. The number of nitrogens with zero attached hydrogens (tertiary/aromatic N) is 1. The summed E-state index contributed by atoms with van der Waals surface area (Å²) in [6.07, 6.45) is 3.75. The molecule has 1 aromatic heterocycles. The summed E-state index contributed by atoms with van der Waals surface area (Å²) >= 11 is 12.1. The molecule has 18 heavy (non-hydrogen) atoms. The number of aryl methyl sites for hydroxylation is 1. The van der Waals surface area contributed by atoms with Crippen LogP contribution in [0.1, 0.15) is 38.7 Å². The molecule has 3 atom stereocenters. The number of nitrogens with one attached hydrogen (secondary N) is 1. The highest BCUT2D eigenvalue weighted by atomic mass is 35.5. The van der Waals surface area contributed by atoms with Crippen molar-refractivity contribution in [3.05, 3.63) is 21.9 Å². The number of halogens is 2. The van der Waals surface area contributed by atoms with Gasteiger partial charge >= 0.3 is 0 Å². The molecule has 0 aromatic carbocycles. The molecule has 0 bridgehead atoms. The normalized spacial score (nSPS) is 28.2. The van der Waals surface area contributed by atoms with Gasteiger partial charge in [-0.15, -0.1) is 0 Å². The lowest BCUT2D eigenvalue weighted by atomic mass is 9.80. The minimum Gasteiger partial charge on any atom is -0.379 e. The number of hydrogen-bond donors (Lipinski definition) is 1. The third-order valence-electron chi connectivity index (χ3n) is 3.90. The van der Waals surface area contributed by atoms with Gasteiger partial charge in [0.2, 0.25) is 0 Å². The van der Waals surface area contributed by atoms with Crippen LogP contribution < -0.4 is 5.32 Å². The lowest BCUT2D eigenvalue weighted by Gasteiger charge is -2.34. The van der Waals surface area contributed by atoms with Crippen molar-refractivity contribution in [3.8, 4) is 0 Å². The summed E-state index contributed by atoms with van der Waals surface area (Å²) in [6.45, 7) is 6.65. The number of hydrogen-bond acceptors (Lipinski definition) is 2. The predicted octanol–water partition coefficient (Wildman–Crippen LogP) is 4.93. The Hall–Kier alpha value is -0.470. The van der Waals surface area contributed by atoms with Crippen molar-refractivity contribution in [1.82, 2.24) is 4.98 Å². The zero-order valence-corrected chi connectivity index (χ0v) is 12.6. The summed E-state index contributed by atoms with van der Waals surface area (Å²) in [7, 11) is 0. The third-order valence-corrected chi connectivity index (χ3v) is 4.37. The second-order valence-corrected chi connectivity index (χ2v) is 6.32. The SMILES string of the molecule is Cc1cc(Cl)nc(Cl)c1NC1CCC(C)CC1C. The highest BCUT2D eigenvalue weighted by Gasteiger charge is 2.26. The molecule has 1 heterocycles. The molecule has 3 unspecified atom stereocenters. The summed E-state index contributed by atoms with van der Waals surface area (Å²) in [5.74, 6) is 1.50. The van der Waals surface area contributed by atoms with Gasteiger partial charge in [-0.2, -0.15) is 0 Å². The Labute approximate surface area is 119 Å². The zero-order chi connectivity index (χ0) is 13.3. The fraction of sp³-hybridized carbons (Fsp3) is 0.643. The van der Waals surface area contributed by atoms with Gasteiger partial charge < -0.3 is 5.32 Å². The maximum Gasteiger partial charge on any atom is 0.154 e. The molecule has 2 nitrogen and oxygen atoms in total. The minimum absolute atomic E-state index is 0.452. The molecule has 1 fully saturated rings. The first-order chi connectivity index (χ1) is 8.47. The van der Waals surface area contributed by atoms with Crippen LogP contribution in [0.25, 0.3) is 0 Å². The highest BCUT2D eigenvalue weighted by Crippen LogP contribution is 2.34. The average Bonchev–Trinajstić information content (AvgIpc) is 2.25. The molecule has 100 valence electrons. The summed E-state index contributed by atoms with van der Waals surface area (Å²) in [4.78, 5) is 4.11. The molecule has 1 N–H and O–H groups in total. The summed E-state index contributed by atoms with van der Waals surface area (Å²) in [5, 5.41) is 4.49. The molecular formula is C14H20Cl2N2. The van der Waals surface area contributed by atoms with Crippen molar-refractivity contribution in [2.75, 3.05) is 5.32 Å². The Morgan fingerprint density at radius 2 is 2.00 bits per heavy atom. The van der Waals surface area contributed by atoms with Crippen LogP contribution in [-0.4, -0.2) is 11.0 Å². The van der Waals surface area contributed by atoms with Crippen LogP contribution in [0.3, 0.4) is 0 Å². The molecule has 0 saturated heterocycles. The van der Waals surface area contributed by atoms with Crippen molar-refractivity contribution in [2.45, 2.75) is 46.1 Å². The van der Waals surface area contributed by atoms with Gasteiger partial charge in [-0.3, -0.25) is 0 Å². The van der Waals surface area contributed by atoms with E-state index in [9.17, 15) is 0 Å². The smallest absolute Gasteiger partial charge is 0.154 e. The third kappa shape index (κ3) is 3.10. The van der Waals surface area contributed by atoms with E-state index < -0.39 is 0 Å². The topological polar surface area (TPSA) is 24.9 Å². The van der Waals surface area contributed by atoms with E-state index in [4.69, 9.17) is 23.2 Å². The first-order valence-electron chi connectivity index (χ1n) is 6.56. The lowest BCUT2D eigenvalue weighted by Crippen LogP contribution is -2.33. The van der Waals surface area contributed by atoms with E-state index in [1.807, 2.05) is 13.0 Å². The number of rotatable bonds is 2. The van der Waals surface area contributed by atoms with Gasteiger partial charge in [0.05, 0.1) is 5.69 Å². The van der Waals surface area contributed by atoms with Crippen LogP contribution in [0, 0.1) is 18.8 Å². The van der Waals surface area contributed by atoms with Gasteiger partial charge in [0, 0.05) is 6.04 Å². The molecule has 0 amide bonds. The molecule has 4 heteroatoms. The highest BCUT2D eigenvalue weighted by molar-refractivity contribution is 6.34. The molecule has 0 spiro atoms. The van der Waals surface area contributed by atoms with E-state index in [2.05, 4.69) is 24.1 Å². The fourth-order valence-electron chi connectivity index (χ4n) is 2.83. The molecule has 1 saturated carbocycles. The van der Waals surface area contributed by atoms with Crippen LogP contribution in [0.5, 0.6) is 0 Å². The fourth-order valence-corrected chi connectivity index (χ4v) is 3.42. The van der Waals surface area contributed by atoms with Crippen LogP contribution in [-0.2, 0) is 0 Å². The Morgan fingerprint density at radius 1 is 1.28 bits per heavy atom. The van der Waals surface area contributed by atoms with E-state index in [-0.39, 0.29) is 0 Å². The zero-order valence-electron chi connectivity index (χ0n) is 11.1. The average molecular weight is 287 g/mol. The minimum atomic E-state index is 0.452. The maximum atomic E-state index is 6.17. The standard InChI is InChI=1S/C14H20Cl2N2/c1-8-4-5-11(9(2)6-8)17-13-10(3)7-12(15)18-14(13)16/h7-9,11,17H,4-6H2,1-3H3. The van der Waals surface area contributed by atoms with Crippen molar-refractivity contribution < 1.29 is 0 Å². The van der Waals surface area contributed by atoms with Gasteiger partial charge in [0.1, 0.15) is 5.15 Å². The van der Waals surface area contributed by atoms with Gasteiger partial charge in [-0.05, 0) is 49.7 Å². The lowest BCUT2D eigenvalue weighted by molar-refractivity contribution is 0.276. The number of anilines is 1. The summed E-state index contributed by atoms with van der Waals surface area (Å²) in [5.41, 5.74) is 2.00. The van der Waals surface area contributed by atoms with Crippen LogP contribution in [0.2, 0.25) is 10.3 Å². The second-order valence-electron chi connectivity index (χ2n) is 5.57. The molecular weight excluding hydrogens is 267 g/mol. The monoisotopic (exact) mass is 286 g/mol. The van der Waals surface area contributed by atoms with Crippen molar-refractivity contribution >= 4 is 28.9 Å². The molecule has 0 aliphatic heterocycles. The van der Waals surface area contributed by atoms with Crippen LogP contribution in [0.15, 0.2) is 6.07 Å². The largest absolute Gasteiger partial charge is 0.379 e. The Kier molecular flexibility index (Phi) is 4.39. The Balaban J connectivity index is 2.14. The van der Waals surface area contributed by atoms with Crippen LogP contribution in [0.4, 0.5) is 5.69 Å². The van der Waals surface area contributed by atoms with E-state index in [0.29, 0.717) is 22.3 Å². The molecule has 1 aliphatic rings. The number of pyridine rings is 1. The first-order valence-corrected chi connectivity index (χ1v) is 7.32. The Bertz CT molecular complexity index is 411. The van der Waals surface area contributed by atoms with E-state index in [0.717, 1.165) is 17.2 Å². The predicted molar refractivity (Wildman–Crippen MR) is 78.6 cm³/mol. The van der Waals surface area contributed by atoms with Gasteiger partial charge in [0.15, 0.2) is 5.15 Å². The van der Waals surface area contributed by atoms with Crippen molar-refractivity contribution in [2.24, 2.45) is 11.8 Å². The molecule has 1 aromatic rings. The molecule has 1 aliphatic carbocycles. The molecule has 0 radical (unpaired) electrons. The quantitative estimate of drug-likeness (QED) is 0.780. The summed E-state index contributed by atoms with van der Waals surface area (Å²) < 4.78 is 0. The van der Waals surface area contributed by atoms with E-state index >= 15 is 0 Å². The van der Waals surface area contributed by atoms with E-state index in [1.165, 1.54) is 19.3 Å². The van der Waals surface area contributed by atoms with Gasteiger partial charge in [-0.1, -0.05) is 37.0 Å². The number of aromatic nitrogens is 1. The summed E-state index contributed by atoms with van der Waals surface area (Å²) in [6, 6.07) is 2.34. The molecule has 2 rings (SSSR count). The Morgan fingerprint density at radius 3 is 2.61 bits per heavy atom. The van der Waals surface area contributed by atoms with Gasteiger partial charge in [0.25, 0.3) is 0 Å². The van der Waals surface area contributed by atoms with Gasteiger partial charge in [-0.25, -0.2) is 4.98 Å². The van der Waals surface area contributed by atoms with Crippen molar-refractivity contribution in [3.63, 3.8) is 0 Å². The van der Waals surface area contributed by atoms with Crippen molar-refractivity contribution in [1.29, 1.82) is 0 Å². The van der Waals surface area contributed by atoms with Crippen LogP contribution >= 0.6 is 23.2 Å². The second kappa shape index (κ2) is 5.66. The first kappa shape index (κ1) is 14.0. The van der Waals surface area contributed by atoms with E-state index in [1.54, 1.807) is 0 Å².